The van der Waals surface area contributed by atoms with E-state index in [2.05, 4.69) is 4.72 Å². The van der Waals surface area contributed by atoms with Gasteiger partial charge in [-0.2, -0.15) is 0 Å². The van der Waals surface area contributed by atoms with Gasteiger partial charge in [-0.15, -0.1) is 0 Å². The Morgan fingerprint density at radius 2 is 1.79 bits per heavy atom. The van der Waals surface area contributed by atoms with E-state index in [0.29, 0.717) is 41.8 Å². The van der Waals surface area contributed by atoms with Crippen LogP contribution >= 0.6 is 11.6 Å². The van der Waals surface area contributed by atoms with Gasteiger partial charge in [0.05, 0.1) is 23.4 Å². The second-order valence-electron chi connectivity index (χ2n) is 8.14. The molecule has 9 heteroatoms. The van der Waals surface area contributed by atoms with Crippen molar-refractivity contribution in [3.63, 3.8) is 0 Å². The predicted molar refractivity (Wildman–Crippen MR) is 134 cm³/mol. The molecule has 3 aromatic rings. The number of carbonyl (C=O) groups is 1. The third-order valence-corrected chi connectivity index (χ3v) is 7.26. The monoisotopic (exact) mass is 499 g/mol. The van der Waals surface area contributed by atoms with E-state index >= 15 is 0 Å². The van der Waals surface area contributed by atoms with Crippen LogP contribution in [0, 0.1) is 6.92 Å². The molecule has 1 heterocycles. The van der Waals surface area contributed by atoms with E-state index in [0.717, 1.165) is 17.5 Å². The first-order valence-electron chi connectivity index (χ1n) is 10.9. The number of sulfonamides is 1. The Bertz CT molecular complexity index is 1300. The maximum atomic E-state index is 13.4. The number of hydrogen-bond donors (Lipinski definition) is 1. The molecule has 1 aliphatic heterocycles. The minimum Gasteiger partial charge on any atom is -0.495 e. The standard InChI is InChI=1S/C25H26ClN3O4S/c1-18-7-10-22(11-8-18)34(31,32)27-21-9-12-24(33-2)23(16-21)29-14-4-13-28(25(29)30)17-19-5-3-6-20(26)15-19/h3,5-12,15-16,27H,4,13-14,17H2,1-2H3. The fourth-order valence-electron chi connectivity index (χ4n) is 3.90. The van der Waals surface area contributed by atoms with Gasteiger partial charge in [0, 0.05) is 24.7 Å². The summed E-state index contributed by atoms with van der Waals surface area (Å²) in [6.07, 6.45) is 0.759. The van der Waals surface area contributed by atoms with E-state index in [1.54, 1.807) is 58.3 Å². The zero-order valence-corrected chi connectivity index (χ0v) is 20.6. The maximum Gasteiger partial charge on any atom is 0.324 e. The largest absolute Gasteiger partial charge is 0.495 e. The highest BCUT2D eigenvalue weighted by Crippen LogP contribution is 2.34. The van der Waals surface area contributed by atoms with E-state index in [1.165, 1.54) is 7.11 Å². The first-order chi connectivity index (χ1) is 16.3. The van der Waals surface area contributed by atoms with Gasteiger partial charge >= 0.3 is 6.03 Å². The number of anilines is 2. The number of aryl methyl sites for hydroxylation is 1. The fraction of sp³-hybridized carbons (Fsp3) is 0.240. The van der Waals surface area contributed by atoms with Crippen molar-refractivity contribution >= 4 is 39.0 Å². The van der Waals surface area contributed by atoms with Crippen molar-refractivity contribution in [1.82, 2.24) is 4.90 Å². The summed E-state index contributed by atoms with van der Waals surface area (Å²) in [4.78, 5) is 16.9. The molecule has 0 unspecified atom stereocenters. The molecular formula is C25H26ClN3O4S. The Morgan fingerprint density at radius 1 is 1.03 bits per heavy atom. The predicted octanol–water partition coefficient (Wildman–Crippen LogP) is 5.29. The highest BCUT2D eigenvalue weighted by atomic mass is 35.5. The first kappa shape index (κ1) is 23.9. The number of benzene rings is 3. The van der Waals surface area contributed by atoms with Crippen LogP contribution in [0.4, 0.5) is 16.2 Å². The second kappa shape index (κ2) is 9.95. The third-order valence-electron chi connectivity index (χ3n) is 5.63. The van der Waals surface area contributed by atoms with Crippen LogP contribution in [0.2, 0.25) is 5.02 Å². The molecule has 3 aromatic carbocycles. The van der Waals surface area contributed by atoms with Gasteiger partial charge < -0.3 is 9.64 Å². The Labute approximate surface area is 205 Å². The summed E-state index contributed by atoms with van der Waals surface area (Å²) in [6, 6.07) is 18.8. The molecule has 7 nitrogen and oxygen atoms in total. The third kappa shape index (κ3) is 5.29. The number of nitrogens with zero attached hydrogens (tertiary/aromatic N) is 2. The SMILES string of the molecule is COc1ccc(NS(=O)(=O)c2ccc(C)cc2)cc1N1CCCN(Cc2cccc(Cl)c2)C1=O. The number of amides is 2. The summed E-state index contributed by atoms with van der Waals surface area (Å²) >= 11 is 6.10. The van der Waals surface area contributed by atoms with Crippen molar-refractivity contribution in [2.75, 3.05) is 29.8 Å². The van der Waals surface area contributed by atoms with Crippen molar-refractivity contribution in [3.05, 3.63) is 82.9 Å². The van der Waals surface area contributed by atoms with E-state index in [1.807, 2.05) is 25.1 Å². The van der Waals surface area contributed by atoms with Crippen LogP contribution in [0.25, 0.3) is 0 Å². The Morgan fingerprint density at radius 3 is 2.50 bits per heavy atom. The van der Waals surface area contributed by atoms with Crippen molar-refractivity contribution in [2.45, 2.75) is 24.8 Å². The summed E-state index contributed by atoms with van der Waals surface area (Å²) in [7, 11) is -2.26. The molecule has 0 spiro atoms. The van der Waals surface area contributed by atoms with Crippen LogP contribution in [-0.4, -0.2) is 39.5 Å². The summed E-state index contributed by atoms with van der Waals surface area (Å²) in [5.74, 6) is 0.483. The quantitative estimate of drug-likeness (QED) is 0.479. The molecule has 4 rings (SSSR count). The van der Waals surface area contributed by atoms with Gasteiger partial charge in [-0.3, -0.25) is 9.62 Å². The Kier molecular flexibility index (Phi) is 7.00. The van der Waals surface area contributed by atoms with Crippen LogP contribution in [0.3, 0.4) is 0 Å². The van der Waals surface area contributed by atoms with Crippen LogP contribution in [0.15, 0.2) is 71.6 Å². The van der Waals surface area contributed by atoms with Crippen molar-refractivity contribution < 1.29 is 17.9 Å². The zero-order valence-electron chi connectivity index (χ0n) is 19.0. The normalized spacial score (nSPS) is 14.3. The molecule has 0 aromatic heterocycles. The molecule has 0 saturated carbocycles. The maximum absolute atomic E-state index is 13.4. The van der Waals surface area contributed by atoms with Crippen molar-refractivity contribution in [2.24, 2.45) is 0 Å². The molecule has 0 atom stereocenters. The summed E-state index contributed by atoms with van der Waals surface area (Å²) in [5.41, 5.74) is 2.76. The lowest BCUT2D eigenvalue weighted by Crippen LogP contribution is -2.49. The van der Waals surface area contributed by atoms with Gasteiger partial charge in [-0.1, -0.05) is 41.4 Å². The molecule has 0 bridgehead atoms. The van der Waals surface area contributed by atoms with Crippen molar-refractivity contribution in [3.8, 4) is 5.75 Å². The highest BCUT2D eigenvalue weighted by Gasteiger charge is 2.29. The highest BCUT2D eigenvalue weighted by molar-refractivity contribution is 7.92. The molecule has 1 aliphatic rings. The number of urea groups is 1. The summed E-state index contributed by atoms with van der Waals surface area (Å²) < 4.78 is 33.8. The summed E-state index contributed by atoms with van der Waals surface area (Å²) in [6.45, 7) is 3.43. The number of nitrogens with one attached hydrogen (secondary N) is 1. The Hall–Kier alpha value is -3.23. The smallest absolute Gasteiger partial charge is 0.324 e. The lowest BCUT2D eigenvalue weighted by molar-refractivity contribution is 0.192. The minimum absolute atomic E-state index is 0.164. The van der Waals surface area contributed by atoms with E-state index in [-0.39, 0.29) is 10.9 Å². The fourth-order valence-corrected chi connectivity index (χ4v) is 5.17. The Balaban J connectivity index is 1.59. The van der Waals surface area contributed by atoms with Crippen LogP contribution in [-0.2, 0) is 16.6 Å². The molecular weight excluding hydrogens is 474 g/mol. The average Bonchev–Trinajstić information content (AvgIpc) is 2.80. The molecule has 1 N–H and O–H groups in total. The lowest BCUT2D eigenvalue weighted by atomic mass is 10.1. The van der Waals surface area contributed by atoms with Crippen LogP contribution in [0.1, 0.15) is 17.5 Å². The van der Waals surface area contributed by atoms with Gasteiger partial charge in [-0.25, -0.2) is 13.2 Å². The van der Waals surface area contributed by atoms with E-state index in [4.69, 9.17) is 16.3 Å². The van der Waals surface area contributed by atoms with Crippen LogP contribution < -0.4 is 14.4 Å². The van der Waals surface area contributed by atoms with Crippen LogP contribution in [0.5, 0.6) is 5.75 Å². The molecule has 0 radical (unpaired) electrons. The molecule has 1 saturated heterocycles. The minimum atomic E-state index is -3.78. The molecule has 2 amide bonds. The molecule has 178 valence electrons. The number of carbonyl (C=O) groups excluding carboxylic acids is 1. The average molecular weight is 500 g/mol. The number of rotatable bonds is 7. The molecule has 1 fully saturated rings. The van der Waals surface area contributed by atoms with E-state index in [9.17, 15) is 13.2 Å². The zero-order chi connectivity index (χ0) is 24.3. The number of hydrogen-bond acceptors (Lipinski definition) is 4. The number of methoxy groups -OCH3 is 1. The van der Waals surface area contributed by atoms with Gasteiger partial charge in [0.1, 0.15) is 5.75 Å². The van der Waals surface area contributed by atoms with Gasteiger partial charge in [-0.05, 0) is 61.4 Å². The lowest BCUT2D eigenvalue weighted by Gasteiger charge is -2.36. The summed E-state index contributed by atoms with van der Waals surface area (Å²) in [5, 5.41) is 0.619. The molecule has 34 heavy (non-hydrogen) atoms. The first-order valence-corrected chi connectivity index (χ1v) is 12.7. The van der Waals surface area contributed by atoms with Crippen molar-refractivity contribution in [1.29, 1.82) is 0 Å². The number of halogens is 1. The van der Waals surface area contributed by atoms with Gasteiger partial charge in [0.2, 0.25) is 0 Å². The van der Waals surface area contributed by atoms with E-state index < -0.39 is 10.0 Å². The topological polar surface area (TPSA) is 79.0 Å². The van der Waals surface area contributed by atoms with Gasteiger partial charge in [0.25, 0.3) is 10.0 Å². The van der Waals surface area contributed by atoms with Gasteiger partial charge in [0.15, 0.2) is 0 Å². The number of ether oxygens (including phenoxy) is 1. The second-order valence-corrected chi connectivity index (χ2v) is 10.3. The molecule has 0 aliphatic carbocycles.